The van der Waals surface area contributed by atoms with Crippen LogP contribution in [0.2, 0.25) is 0 Å². The molecule has 1 N–H and O–H groups in total. The monoisotopic (exact) mass is 269 g/mol. The van der Waals surface area contributed by atoms with Gasteiger partial charge in [0, 0.05) is 12.2 Å². The molecule has 0 bridgehead atoms. The number of methoxy groups -OCH3 is 1. The fourth-order valence-electron chi connectivity index (χ4n) is 2.04. The molecule has 3 heteroatoms. The molecule has 0 radical (unpaired) electrons. The third-order valence-corrected chi connectivity index (χ3v) is 3.26. The van der Waals surface area contributed by atoms with Gasteiger partial charge < -0.3 is 10.1 Å². The Morgan fingerprint density at radius 3 is 2.60 bits per heavy atom. The summed E-state index contributed by atoms with van der Waals surface area (Å²) in [5.41, 5.74) is 2.78. The van der Waals surface area contributed by atoms with E-state index in [1.807, 2.05) is 36.4 Å². The van der Waals surface area contributed by atoms with Crippen molar-refractivity contribution in [2.24, 2.45) is 0 Å². The fourth-order valence-corrected chi connectivity index (χ4v) is 2.04. The highest BCUT2D eigenvalue weighted by molar-refractivity contribution is 5.90. The summed E-state index contributed by atoms with van der Waals surface area (Å²) in [6, 6.07) is 17.7. The van der Waals surface area contributed by atoms with Crippen molar-refractivity contribution in [1.29, 1.82) is 0 Å². The Bertz CT molecular complexity index is 566. The van der Waals surface area contributed by atoms with E-state index in [1.165, 1.54) is 12.7 Å². The standard InChI is InChI=1S/C17H19NO2/c1-13(14-7-4-3-5-8-14)12-18-16-10-6-9-15(11-16)17(19)20-2/h3-11,13,18H,12H2,1-2H3. The minimum Gasteiger partial charge on any atom is -0.465 e. The molecule has 2 rings (SSSR count). The van der Waals surface area contributed by atoms with E-state index in [1.54, 1.807) is 6.07 Å². The molecule has 0 spiro atoms. The van der Waals surface area contributed by atoms with Gasteiger partial charge in [-0.05, 0) is 29.7 Å². The molecule has 0 amide bonds. The van der Waals surface area contributed by atoms with Gasteiger partial charge in [0.2, 0.25) is 0 Å². The Kier molecular flexibility index (Phi) is 4.77. The minimum absolute atomic E-state index is 0.315. The van der Waals surface area contributed by atoms with E-state index in [9.17, 15) is 4.79 Å². The normalized spacial score (nSPS) is 11.7. The first kappa shape index (κ1) is 14.1. The van der Waals surface area contributed by atoms with Gasteiger partial charge in [0.15, 0.2) is 0 Å². The molecule has 2 aromatic rings. The van der Waals surface area contributed by atoms with Crippen LogP contribution in [0.5, 0.6) is 0 Å². The second kappa shape index (κ2) is 6.75. The van der Waals surface area contributed by atoms with Crippen molar-refractivity contribution in [1.82, 2.24) is 0 Å². The number of ether oxygens (including phenoxy) is 1. The van der Waals surface area contributed by atoms with E-state index in [0.717, 1.165) is 12.2 Å². The third kappa shape index (κ3) is 3.60. The van der Waals surface area contributed by atoms with Crippen LogP contribution in [-0.4, -0.2) is 19.6 Å². The zero-order valence-corrected chi connectivity index (χ0v) is 11.8. The molecular formula is C17H19NO2. The average Bonchev–Trinajstić information content (AvgIpc) is 2.53. The largest absolute Gasteiger partial charge is 0.465 e. The van der Waals surface area contributed by atoms with Crippen LogP contribution >= 0.6 is 0 Å². The highest BCUT2D eigenvalue weighted by Crippen LogP contribution is 2.17. The maximum absolute atomic E-state index is 11.5. The fraction of sp³-hybridized carbons (Fsp3) is 0.235. The van der Waals surface area contributed by atoms with Gasteiger partial charge in [0.1, 0.15) is 0 Å². The number of carbonyl (C=O) groups is 1. The highest BCUT2D eigenvalue weighted by atomic mass is 16.5. The van der Waals surface area contributed by atoms with Crippen molar-refractivity contribution < 1.29 is 9.53 Å². The number of hydrogen-bond donors (Lipinski definition) is 1. The Balaban J connectivity index is 1.99. The summed E-state index contributed by atoms with van der Waals surface area (Å²) in [5.74, 6) is 0.0859. The summed E-state index contributed by atoms with van der Waals surface area (Å²) in [6.07, 6.45) is 0. The molecule has 104 valence electrons. The lowest BCUT2D eigenvalue weighted by molar-refractivity contribution is 0.0601. The Morgan fingerprint density at radius 1 is 1.15 bits per heavy atom. The van der Waals surface area contributed by atoms with Crippen LogP contribution in [0, 0.1) is 0 Å². The van der Waals surface area contributed by atoms with Gasteiger partial charge in [-0.15, -0.1) is 0 Å². The smallest absolute Gasteiger partial charge is 0.337 e. The predicted molar refractivity (Wildman–Crippen MR) is 81.1 cm³/mol. The molecule has 1 unspecified atom stereocenters. The van der Waals surface area contributed by atoms with Crippen molar-refractivity contribution in [3.05, 3.63) is 65.7 Å². The van der Waals surface area contributed by atoms with Crippen LogP contribution in [-0.2, 0) is 4.74 Å². The zero-order chi connectivity index (χ0) is 14.4. The molecule has 1 atom stereocenters. The van der Waals surface area contributed by atoms with Crippen LogP contribution in [0.25, 0.3) is 0 Å². The van der Waals surface area contributed by atoms with Gasteiger partial charge in [-0.1, -0.05) is 43.3 Å². The van der Waals surface area contributed by atoms with E-state index in [4.69, 9.17) is 4.74 Å². The number of carbonyl (C=O) groups excluding carboxylic acids is 1. The maximum atomic E-state index is 11.5. The summed E-state index contributed by atoms with van der Waals surface area (Å²) in [6.45, 7) is 2.99. The van der Waals surface area contributed by atoms with Crippen molar-refractivity contribution in [3.63, 3.8) is 0 Å². The molecule has 0 aliphatic rings. The van der Waals surface area contributed by atoms with E-state index >= 15 is 0 Å². The zero-order valence-electron chi connectivity index (χ0n) is 11.8. The first-order valence-corrected chi connectivity index (χ1v) is 6.68. The summed E-state index contributed by atoms with van der Waals surface area (Å²) >= 11 is 0. The molecule has 2 aromatic carbocycles. The number of esters is 1. The molecule has 0 aliphatic heterocycles. The quantitative estimate of drug-likeness (QED) is 0.841. The van der Waals surface area contributed by atoms with Crippen molar-refractivity contribution in [2.45, 2.75) is 12.8 Å². The Morgan fingerprint density at radius 2 is 1.90 bits per heavy atom. The molecule has 0 aromatic heterocycles. The predicted octanol–water partition coefficient (Wildman–Crippen LogP) is 3.69. The molecular weight excluding hydrogens is 250 g/mol. The molecule has 20 heavy (non-hydrogen) atoms. The first-order chi connectivity index (χ1) is 9.70. The number of nitrogens with one attached hydrogen (secondary N) is 1. The van der Waals surface area contributed by atoms with Gasteiger partial charge in [-0.3, -0.25) is 0 Å². The third-order valence-electron chi connectivity index (χ3n) is 3.26. The van der Waals surface area contributed by atoms with Crippen molar-refractivity contribution in [3.8, 4) is 0 Å². The van der Waals surface area contributed by atoms with Crippen LogP contribution in [0.15, 0.2) is 54.6 Å². The Labute approximate surface area is 119 Å². The molecule has 0 heterocycles. The number of benzene rings is 2. The average molecular weight is 269 g/mol. The lowest BCUT2D eigenvalue weighted by Gasteiger charge is -2.14. The molecule has 3 nitrogen and oxygen atoms in total. The second-order valence-electron chi connectivity index (χ2n) is 4.77. The van der Waals surface area contributed by atoms with Gasteiger partial charge in [-0.25, -0.2) is 4.79 Å². The topological polar surface area (TPSA) is 38.3 Å². The van der Waals surface area contributed by atoms with Crippen LogP contribution in [0.4, 0.5) is 5.69 Å². The lowest BCUT2D eigenvalue weighted by Crippen LogP contribution is -2.10. The Hall–Kier alpha value is -2.29. The van der Waals surface area contributed by atoms with E-state index < -0.39 is 0 Å². The van der Waals surface area contributed by atoms with Crippen molar-refractivity contribution >= 4 is 11.7 Å². The van der Waals surface area contributed by atoms with Gasteiger partial charge in [0.25, 0.3) is 0 Å². The summed E-state index contributed by atoms with van der Waals surface area (Å²) < 4.78 is 4.72. The SMILES string of the molecule is COC(=O)c1cccc(NCC(C)c2ccccc2)c1. The maximum Gasteiger partial charge on any atom is 0.337 e. The van der Waals surface area contributed by atoms with Crippen LogP contribution < -0.4 is 5.32 Å². The van der Waals surface area contributed by atoms with Gasteiger partial charge in [-0.2, -0.15) is 0 Å². The molecule has 0 saturated carbocycles. The van der Waals surface area contributed by atoms with Crippen LogP contribution in [0.3, 0.4) is 0 Å². The van der Waals surface area contributed by atoms with E-state index in [0.29, 0.717) is 11.5 Å². The summed E-state index contributed by atoms with van der Waals surface area (Å²) in [7, 11) is 1.39. The second-order valence-corrected chi connectivity index (χ2v) is 4.77. The van der Waals surface area contributed by atoms with E-state index in [2.05, 4.69) is 24.4 Å². The summed E-state index contributed by atoms with van der Waals surface area (Å²) in [4.78, 5) is 11.5. The molecule has 0 fully saturated rings. The first-order valence-electron chi connectivity index (χ1n) is 6.68. The minimum atomic E-state index is -0.315. The highest BCUT2D eigenvalue weighted by Gasteiger charge is 2.07. The van der Waals surface area contributed by atoms with Crippen molar-refractivity contribution in [2.75, 3.05) is 19.0 Å². The molecule has 0 saturated heterocycles. The number of rotatable bonds is 5. The lowest BCUT2D eigenvalue weighted by atomic mass is 10.0. The van der Waals surface area contributed by atoms with Crippen LogP contribution in [0.1, 0.15) is 28.8 Å². The van der Waals surface area contributed by atoms with Gasteiger partial charge >= 0.3 is 5.97 Å². The number of hydrogen-bond acceptors (Lipinski definition) is 3. The van der Waals surface area contributed by atoms with Gasteiger partial charge in [0.05, 0.1) is 12.7 Å². The molecule has 0 aliphatic carbocycles. The number of anilines is 1. The summed E-state index contributed by atoms with van der Waals surface area (Å²) in [5, 5.41) is 3.35. The van der Waals surface area contributed by atoms with E-state index in [-0.39, 0.29) is 5.97 Å².